The maximum absolute atomic E-state index is 11.9. The minimum atomic E-state index is -0.503. The highest BCUT2D eigenvalue weighted by atomic mass is 16.6. The quantitative estimate of drug-likeness (QED) is 0.585. The van der Waals surface area contributed by atoms with Gasteiger partial charge in [-0.1, -0.05) is 13.8 Å². The first-order chi connectivity index (χ1) is 9.27. The van der Waals surface area contributed by atoms with Crippen molar-refractivity contribution >= 4 is 11.6 Å². The van der Waals surface area contributed by atoms with Gasteiger partial charge in [-0.2, -0.15) is 5.10 Å². The number of aryl methyl sites for hydroxylation is 1. The van der Waals surface area contributed by atoms with Crippen molar-refractivity contribution in [3.63, 3.8) is 0 Å². The molecular weight excluding hydrogens is 264 g/mol. The number of hydrogen-bond acceptors (Lipinski definition) is 5. The predicted molar refractivity (Wildman–Crippen MR) is 72.2 cm³/mol. The number of aliphatic hydroxyl groups is 1. The Bertz CT molecular complexity index is 510. The van der Waals surface area contributed by atoms with E-state index < -0.39 is 4.92 Å². The lowest BCUT2D eigenvalue weighted by Crippen LogP contribution is -2.42. The molecule has 0 aliphatic heterocycles. The van der Waals surface area contributed by atoms with Crippen LogP contribution in [-0.4, -0.2) is 38.4 Å². The largest absolute Gasteiger partial charge is 0.394 e. The topological polar surface area (TPSA) is 110 Å². The zero-order chi connectivity index (χ0) is 15.4. The third-order valence-electron chi connectivity index (χ3n) is 3.17. The average molecular weight is 284 g/mol. The zero-order valence-electron chi connectivity index (χ0n) is 12.1. The molecule has 0 saturated carbocycles. The fraction of sp³-hybridized carbons (Fsp3) is 0.667. The van der Waals surface area contributed by atoms with Crippen molar-refractivity contribution in [1.82, 2.24) is 15.1 Å². The molecular formula is C12H20N4O4. The fourth-order valence-electron chi connectivity index (χ4n) is 1.92. The summed E-state index contributed by atoms with van der Waals surface area (Å²) in [7, 11) is 0. The number of aliphatic hydroxyl groups excluding tert-OH is 1. The van der Waals surface area contributed by atoms with Crippen LogP contribution in [0.15, 0.2) is 0 Å². The summed E-state index contributed by atoms with van der Waals surface area (Å²) in [6.07, 6.45) is 0. The van der Waals surface area contributed by atoms with E-state index in [1.54, 1.807) is 6.92 Å². The summed E-state index contributed by atoms with van der Waals surface area (Å²) < 4.78 is 1.30. The predicted octanol–water partition coefficient (Wildman–Crippen LogP) is 0.541. The number of aromatic nitrogens is 2. The molecule has 20 heavy (non-hydrogen) atoms. The standard InChI is InChI=1S/C12H20N4O4/c1-7(2)10(6-17)13-11(18)5-15-9(4)12(16(19)20)8(3)14-15/h7,10,17H,5-6H2,1-4H3,(H,13,18). The van der Waals surface area contributed by atoms with Crippen LogP contribution in [0.25, 0.3) is 0 Å². The maximum Gasteiger partial charge on any atom is 0.312 e. The van der Waals surface area contributed by atoms with E-state index in [2.05, 4.69) is 10.4 Å². The van der Waals surface area contributed by atoms with Gasteiger partial charge < -0.3 is 10.4 Å². The zero-order valence-corrected chi connectivity index (χ0v) is 12.1. The Hall–Kier alpha value is -1.96. The molecule has 0 aliphatic rings. The number of nitro groups is 1. The fourth-order valence-corrected chi connectivity index (χ4v) is 1.92. The summed E-state index contributed by atoms with van der Waals surface area (Å²) in [5.74, 6) is -0.239. The lowest BCUT2D eigenvalue weighted by atomic mass is 10.1. The second-order valence-electron chi connectivity index (χ2n) is 5.03. The monoisotopic (exact) mass is 284 g/mol. The first-order valence-electron chi connectivity index (χ1n) is 6.36. The van der Waals surface area contributed by atoms with E-state index >= 15 is 0 Å². The molecule has 112 valence electrons. The minimum absolute atomic E-state index is 0.0691. The third kappa shape index (κ3) is 3.53. The molecule has 1 atom stereocenters. The molecule has 0 spiro atoms. The highest BCUT2D eigenvalue weighted by Gasteiger charge is 2.23. The van der Waals surface area contributed by atoms with Crippen LogP contribution >= 0.6 is 0 Å². The molecule has 8 nitrogen and oxygen atoms in total. The van der Waals surface area contributed by atoms with Crippen molar-refractivity contribution in [2.45, 2.75) is 40.3 Å². The van der Waals surface area contributed by atoms with E-state index in [-0.39, 0.29) is 42.4 Å². The maximum atomic E-state index is 11.9. The number of amides is 1. The van der Waals surface area contributed by atoms with Crippen LogP contribution in [0.1, 0.15) is 25.2 Å². The van der Waals surface area contributed by atoms with Gasteiger partial charge in [0.05, 0.1) is 17.6 Å². The molecule has 0 bridgehead atoms. The van der Waals surface area contributed by atoms with Gasteiger partial charge in [0.25, 0.3) is 0 Å². The molecule has 1 amide bonds. The first kappa shape index (κ1) is 16.1. The van der Waals surface area contributed by atoms with Crippen LogP contribution in [0.5, 0.6) is 0 Å². The van der Waals surface area contributed by atoms with E-state index in [0.717, 1.165) is 0 Å². The first-order valence-corrected chi connectivity index (χ1v) is 6.36. The van der Waals surface area contributed by atoms with Gasteiger partial charge in [-0.15, -0.1) is 0 Å². The number of nitrogens with one attached hydrogen (secondary N) is 1. The molecule has 0 fully saturated rings. The molecule has 2 N–H and O–H groups in total. The van der Waals surface area contributed by atoms with Gasteiger partial charge in [-0.3, -0.25) is 19.6 Å². The van der Waals surface area contributed by atoms with E-state index in [0.29, 0.717) is 5.69 Å². The SMILES string of the molecule is Cc1nn(CC(=O)NC(CO)C(C)C)c(C)c1[N+](=O)[O-]. The molecule has 0 radical (unpaired) electrons. The Morgan fingerprint density at radius 2 is 2.10 bits per heavy atom. The van der Waals surface area contributed by atoms with Crippen LogP contribution in [0, 0.1) is 29.9 Å². The Morgan fingerprint density at radius 1 is 1.50 bits per heavy atom. The number of carbonyl (C=O) groups is 1. The van der Waals surface area contributed by atoms with Crippen molar-refractivity contribution in [2.75, 3.05) is 6.61 Å². The van der Waals surface area contributed by atoms with E-state index in [9.17, 15) is 14.9 Å². The van der Waals surface area contributed by atoms with Gasteiger partial charge in [-0.05, 0) is 19.8 Å². The summed E-state index contributed by atoms with van der Waals surface area (Å²) >= 11 is 0. The number of hydrogen-bond donors (Lipinski definition) is 2. The summed E-state index contributed by atoms with van der Waals surface area (Å²) in [6.45, 7) is 6.59. The Morgan fingerprint density at radius 3 is 2.50 bits per heavy atom. The van der Waals surface area contributed by atoms with E-state index in [1.165, 1.54) is 11.6 Å². The summed E-state index contributed by atoms with van der Waals surface area (Å²) in [4.78, 5) is 22.2. The summed E-state index contributed by atoms with van der Waals surface area (Å²) in [5, 5.41) is 26.7. The Labute approximate surface area is 116 Å². The molecule has 0 aliphatic carbocycles. The van der Waals surface area contributed by atoms with Gasteiger partial charge in [0.15, 0.2) is 0 Å². The number of nitrogens with zero attached hydrogens (tertiary/aromatic N) is 3. The van der Waals surface area contributed by atoms with Gasteiger partial charge in [0.2, 0.25) is 5.91 Å². The summed E-state index contributed by atoms with van der Waals surface area (Å²) in [5.41, 5.74) is 0.552. The van der Waals surface area contributed by atoms with Gasteiger partial charge in [0, 0.05) is 0 Å². The Balaban J connectivity index is 2.82. The molecule has 0 saturated heterocycles. The van der Waals surface area contributed by atoms with Crippen LogP contribution in [-0.2, 0) is 11.3 Å². The molecule has 8 heteroatoms. The van der Waals surface area contributed by atoms with E-state index in [1.807, 2.05) is 13.8 Å². The second-order valence-corrected chi connectivity index (χ2v) is 5.03. The smallest absolute Gasteiger partial charge is 0.312 e. The normalized spacial score (nSPS) is 12.5. The van der Waals surface area contributed by atoms with Gasteiger partial charge in [-0.25, -0.2) is 0 Å². The van der Waals surface area contributed by atoms with Crippen molar-refractivity contribution in [2.24, 2.45) is 5.92 Å². The van der Waals surface area contributed by atoms with Gasteiger partial charge >= 0.3 is 5.69 Å². The van der Waals surface area contributed by atoms with Crippen LogP contribution in [0.2, 0.25) is 0 Å². The van der Waals surface area contributed by atoms with Crippen molar-refractivity contribution in [1.29, 1.82) is 0 Å². The minimum Gasteiger partial charge on any atom is -0.394 e. The average Bonchev–Trinajstić information content (AvgIpc) is 2.60. The van der Waals surface area contributed by atoms with Crippen LogP contribution in [0.3, 0.4) is 0 Å². The second kappa shape index (κ2) is 6.47. The molecule has 1 heterocycles. The van der Waals surface area contributed by atoms with Gasteiger partial charge in [0.1, 0.15) is 17.9 Å². The van der Waals surface area contributed by atoms with Crippen LogP contribution in [0.4, 0.5) is 5.69 Å². The third-order valence-corrected chi connectivity index (χ3v) is 3.17. The van der Waals surface area contributed by atoms with Crippen molar-refractivity contribution in [3.8, 4) is 0 Å². The molecule has 1 aromatic heterocycles. The highest BCUT2D eigenvalue weighted by molar-refractivity contribution is 5.76. The summed E-state index contributed by atoms with van der Waals surface area (Å²) in [6, 6.07) is -0.338. The molecule has 1 unspecified atom stereocenters. The molecule has 0 aromatic carbocycles. The van der Waals surface area contributed by atoms with E-state index in [4.69, 9.17) is 5.11 Å². The number of carbonyl (C=O) groups excluding carboxylic acids is 1. The highest BCUT2D eigenvalue weighted by Crippen LogP contribution is 2.21. The Kier molecular flexibility index (Phi) is 5.20. The van der Waals surface area contributed by atoms with Crippen molar-refractivity contribution < 1.29 is 14.8 Å². The van der Waals surface area contributed by atoms with Crippen LogP contribution < -0.4 is 5.32 Å². The molecule has 1 aromatic rings. The van der Waals surface area contributed by atoms with Crippen molar-refractivity contribution in [3.05, 3.63) is 21.5 Å². The number of rotatable bonds is 6. The lowest BCUT2D eigenvalue weighted by Gasteiger charge is -2.19. The lowest BCUT2D eigenvalue weighted by molar-refractivity contribution is -0.386. The molecule has 1 rings (SSSR count).